The summed E-state index contributed by atoms with van der Waals surface area (Å²) >= 11 is 7.66. The second-order valence-electron chi connectivity index (χ2n) is 7.41. The van der Waals surface area contributed by atoms with Crippen LogP contribution in [0.5, 0.6) is 11.5 Å². The summed E-state index contributed by atoms with van der Waals surface area (Å²) in [4.78, 5) is 13.3. The molecule has 172 valence electrons. The molecule has 8 heteroatoms. The fraction of sp³-hybridized carbons (Fsp3) is 0.240. The third-order valence-corrected chi connectivity index (χ3v) is 6.42. The predicted octanol–water partition coefficient (Wildman–Crippen LogP) is 5.54. The first-order valence-corrected chi connectivity index (χ1v) is 11.6. The molecule has 1 atom stereocenters. The molecule has 1 unspecified atom stereocenters. The molecule has 0 aliphatic carbocycles. The lowest BCUT2D eigenvalue weighted by Gasteiger charge is -2.27. The molecule has 1 aliphatic heterocycles. The van der Waals surface area contributed by atoms with Gasteiger partial charge >= 0.3 is 5.97 Å². The summed E-state index contributed by atoms with van der Waals surface area (Å²) in [6, 6.07) is 18.5. The van der Waals surface area contributed by atoms with Gasteiger partial charge in [-0.15, -0.1) is 0 Å². The lowest BCUT2D eigenvalue weighted by atomic mass is 9.96. The van der Waals surface area contributed by atoms with Crippen LogP contribution in [0.25, 0.3) is 0 Å². The Morgan fingerprint density at radius 3 is 2.70 bits per heavy atom. The highest BCUT2D eigenvalue weighted by atomic mass is 35.5. The van der Waals surface area contributed by atoms with Crippen molar-refractivity contribution in [2.24, 2.45) is 0 Å². The number of fused-ring (bicyclic) bond motifs is 1. The number of hydrogen-bond donors (Lipinski definition) is 1. The summed E-state index contributed by atoms with van der Waals surface area (Å²) in [5, 5.41) is 11.8. The van der Waals surface area contributed by atoms with Gasteiger partial charge in [0.2, 0.25) is 6.79 Å². The molecule has 0 aromatic heterocycles. The molecule has 6 nitrogen and oxygen atoms in total. The molecule has 3 aromatic rings. The third-order valence-electron chi connectivity index (χ3n) is 5.17. The van der Waals surface area contributed by atoms with Crippen molar-refractivity contribution in [3.63, 3.8) is 0 Å². The van der Waals surface area contributed by atoms with E-state index in [1.165, 1.54) is 11.9 Å². The van der Waals surface area contributed by atoms with Crippen LogP contribution in [0.3, 0.4) is 0 Å². The Labute approximate surface area is 202 Å². The van der Waals surface area contributed by atoms with E-state index >= 15 is 0 Å². The molecule has 1 heterocycles. The molecular formula is C25H24ClNO5S. The Bertz CT molecular complexity index is 1160. The molecule has 0 fully saturated rings. The first kappa shape index (κ1) is 23.3. The van der Waals surface area contributed by atoms with Crippen LogP contribution < -0.4 is 13.8 Å². The lowest BCUT2D eigenvalue weighted by Crippen LogP contribution is -2.26. The van der Waals surface area contributed by atoms with E-state index in [1.54, 1.807) is 29.4 Å². The fourth-order valence-corrected chi connectivity index (χ4v) is 4.74. The molecule has 33 heavy (non-hydrogen) atoms. The minimum absolute atomic E-state index is 0.0257. The Morgan fingerprint density at radius 1 is 1.12 bits per heavy atom. The van der Waals surface area contributed by atoms with E-state index in [2.05, 4.69) is 0 Å². The number of anilines is 1. The second kappa shape index (κ2) is 10.4. The van der Waals surface area contributed by atoms with Crippen LogP contribution in [0.15, 0.2) is 65.6 Å². The summed E-state index contributed by atoms with van der Waals surface area (Å²) in [6.45, 7) is 4.14. The maximum absolute atomic E-state index is 12.5. The first-order chi connectivity index (χ1) is 16.0. The van der Waals surface area contributed by atoms with Crippen molar-refractivity contribution in [3.05, 3.63) is 82.4 Å². The van der Waals surface area contributed by atoms with Gasteiger partial charge in [0, 0.05) is 15.5 Å². The molecular weight excluding hydrogens is 462 g/mol. The van der Waals surface area contributed by atoms with Crippen LogP contribution >= 0.6 is 23.5 Å². The van der Waals surface area contributed by atoms with E-state index in [-0.39, 0.29) is 25.9 Å². The van der Waals surface area contributed by atoms with Gasteiger partial charge in [0.1, 0.15) is 12.6 Å². The van der Waals surface area contributed by atoms with Gasteiger partial charge in [-0.1, -0.05) is 35.9 Å². The molecule has 3 aromatic carbocycles. The van der Waals surface area contributed by atoms with Crippen molar-refractivity contribution in [1.29, 1.82) is 0 Å². The van der Waals surface area contributed by atoms with Gasteiger partial charge in [-0.3, -0.25) is 4.79 Å². The van der Waals surface area contributed by atoms with Crippen molar-refractivity contribution in [2.75, 3.05) is 24.2 Å². The highest BCUT2D eigenvalue weighted by molar-refractivity contribution is 8.00. The SMILES string of the molecule is CCOC(=O)CN(Sc1ccc2c(c1)OCO2)c1ccc(Cl)cc1C(O)c1ccccc1C. The average Bonchev–Trinajstić information content (AvgIpc) is 3.26. The van der Waals surface area contributed by atoms with E-state index < -0.39 is 6.10 Å². The standard InChI is InChI=1S/C25H24ClNO5S/c1-3-30-24(28)14-27(33-18-9-11-22-23(13-18)32-15-31-22)21-10-8-17(26)12-20(21)25(29)19-7-5-4-6-16(19)2/h4-13,25,29H,3,14-15H2,1-2H3. The van der Waals surface area contributed by atoms with Crippen molar-refractivity contribution in [3.8, 4) is 11.5 Å². The molecule has 1 aliphatic rings. The van der Waals surface area contributed by atoms with Crippen molar-refractivity contribution in [2.45, 2.75) is 24.8 Å². The highest BCUT2D eigenvalue weighted by Gasteiger charge is 2.24. The van der Waals surface area contributed by atoms with E-state index in [0.717, 1.165) is 16.0 Å². The number of ether oxygens (including phenoxy) is 3. The van der Waals surface area contributed by atoms with E-state index in [0.29, 0.717) is 27.8 Å². The van der Waals surface area contributed by atoms with Crippen molar-refractivity contribution in [1.82, 2.24) is 0 Å². The van der Waals surface area contributed by atoms with Crippen LogP contribution in [0.4, 0.5) is 5.69 Å². The number of aliphatic hydroxyl groups excluding tert-OH is 1. The molecule has 0 amide bonds. The third kappa shape index (κ3) is 5.38. The number of carbonyl (C=O) groups is 1. The molecule has 0 spiro atoms. The highest BCUT2D eigenvalue weighted by Crippen LogP contribution is 2.41. The number of esters is 1. The van der Waals surface area contributed by atoms with E-state index in [4.69, 9.17) is 25.8 Å². The van der Waals surface area contributed by atoms with Crippen LogP contribution in [0.1, 0.15) is 29.7 Å². The number of halogens is 1. The summed E-state index contributed by atoms with van der Waals surface area (Å²) < 4.78 is 17.9. The normalized spacial score (nSPS) is 13.0. The minimum Gasteiger partial charge on any atom is -0.465 e. The number of nitrogens with zero attached hydrogens (tertiary/aromatic N) is 1. The number of hydrogen-bond acceptors (Lipinski definition) is 7. The molecule has 0 saturated heterocycles. The number of aliphatic hydroxyl groups is 1. The maximum Gasteiger partial charge on any atom is 0.326 e. The zero-order valence-corrected chi connectivity index (χ0v) is 19.9. The molecule has 0 saturated carbocycles. The number of rotatable bonds is 8. The largest absolute Gasteiger partial charge is 0.465 e. The maximum atomic E-state index is 12.5. The smallest absolute Gasteiger partial charge is 0.326 e. The first-order valence-electron chi connectivity index (χ1n) is 10.5. The number of carbonyl (C=O) groups excluding carboxylic acids is 1. The monoisotopic (exact) mass is 485 g/mol. The van der Waals surface area contributed by atoms with Gasteiger partial charge in [0.25, 0.3) is 0 Å². The second-order valence-corrected chi connectivity index (χ2v) is 8.94. The molecule has 4 rings (SSSR count). The van der Waals surface area contributed by atoms with Crippen molar-refractivity contribution < 1.29 is 24.1 Å². The van der Waals surface area contributed by atoms with Crippen LogP contribution in [-0.4, -0.2) is 31.0 Å². The lowest BCUT2D eigenvalue weighted by molar-refractivity contribution is -0.141. The molecule has 1 N–H and O–H groups in total. The topological polar surface area (TPSA) is 68.2 Å². The van der Waals surface area contributed by atoms with Crippen molar-refractivity contribution >= 4 is 35.2 Å². The van der Waals surface area contributed by atoms with Crippen LogP contribution in [0.2, 0.25) is 5.02 Å². The Hall–Kier alpha value is -2.87. The van der Waals surface area contributed by atoms with Crippen LogP contribution in [0, 0.1) is 6.92 Å². The Balaban J connectivity index is 1.73. The molecule has 0 bridgehead atoms. The van der Waals surface area contributed by atoms with Gasteiger partial charge < -0.3 is 23.6 Å². The van der Waals surface area contributed by atoms with Gasteiger partial charge in [0.05, 0.1) is 12.3 Å². The van der Waals surface area contributed by atoms with Gasteiger partial charge in [-0.2, -0.15) is 0 Å². The zero-order valence-electron chi connectivity index (χ0n) is 18.3. The fourth-order valence-electron chi connectivity index (χ4n) is 3.58. The van der Waals surface area contributed by atoms with Gasteiger partial charge in [-0.05, 0) is 73.3 Å². The van der Waals surface area contributed by atoms with Gasteiger partial charge in [-0.25, -0.2) is 0 Å². The van der Waals surface area contributed by atoms with E-state index in [1.807, 2.05) is 49.4 Å². The Morgan fingerprint density at radius 2 is 1.91 bits per heavy atom. The average molecular weight is 486 g/mol. The Kier molecular flexibility index (Phi) is 7.33. The van der Waals surface area contributed by atoms with Gasteiger partial charge in [0.15, 0.2) is 11.5 Å². The predicted molar refractivity (Wildman–Crippen MR) is 129 cm³/mol. The zero-order chi connectivity index (χ0) is 23.4. The molecule has 0 radical (unpaired) electrons. The van der Waals surface area contributed by atoms with Crippen LogP contribution in [-0.2, 0) is 9.53 Å². The summed E-state index contributed by atoms with van der Waals surface area (Å²) in [5.74, 6) is 0.947. The summed E-state index contributed by atoms with van der Waals surface area (Å²) in [7, 11) is 0. The summed E-state index contributed by atoms with van der Waals surface area (Å²) in [5.41, 5.74) is 2.97. The van der Waals surface area contributed by atoms with E-state index in [9.17, 15) is 9.90 Å². The number of benzene rings is 3. The quantitative estimate of drug-likeness (QED) is 0.332. The summed E-state index contributed by atoms with van der Waals surface area (Å²) in [6.07, 6.45) is -0.929. The number of aryl methyl sites for hydroxylation is 1. The minimum atomic E-state index is -0.929.